The summed E-state index contributed by atoms with van der Waals surface area (Å²) in [5.41, 5.74) is 2.58. The Morgan fingerprint density at radius 3 is 2.95 bits per heavy atom. The van der Waals surface area contributed by atoms with Crippen LogP contribution in [0.5, 0.6) is 0 Å². The lowest BCUT2D eigenvalue weighted by Gasteiger charge is -2.08. The third kappa shape index (κ3) is 4.13. The molecule has 0 aliphatic rings. The van der Waals surface area contributed by atoms with Gasteiger partial charge < -0.3 is 10.4 Å². The molecule has 1 amide bonds. The van der Waals surface area contributed by atoms with E-state index in [2.05, 4.69) is 27.1 Å². The normalized spacial score (nSPS) is 9.62. The first-order valence-corrected chi connectivity index (χ1v) is 6.48. The number of carbonyl (C=O) groups is 1. The highest BCUT2D eigenvalue weighted by molar-refractivity contribution is 6.03. The minimum Gasteiger partial charge on any atom is -0.395 e. The SMILES string of the molecule is Cc1ccc(C#CCCO)c(NC(=O)c2cnccn2)c1. The van der Waals surface area contributed by atoms with E-state index < -0.39 is 0 Å². The van der Waals surface area contributed by atoms with Crippen LogP contribution in [0.3, 0.4) is 0 Å². The molecule has 0 fully saturated rings. The van der Waals surface area contributed by atoms with Gasteiger partial charge in [-0.2, -0.15) is 0 Å². The second-order valence-electron chi connectivity index (χ2n) is 4.37. The first-order chi connectivity index (χ1) is 10.2. The number of rotatable bonds is 3. The molecule has 5 heteroatoms. The van der Waals surface area contributed by atoms with Crippen LogP contribution in [0, 0.1) is 18.8 Å². The van der Waals surface area contributed by atoms with E-state index in [9.17, 15) is 4.79 Å². The van der Waals surface area contributed by atoms with Gasteiger partial charge in [-0.3, -0.25) is 9.78 Å². The molecule has 2 N–H and O–H groups in total. The number of nitrogens with zero attached hydrogens (tertiary/aromatic N) is 2. The zero-order valence-corrected chi connectivity index (χ0v) is 11.6. The Labute approximate surface area is 123 Å². The Bertz CT molecular complexity index is 688. The molecule has 21 heavy (non-hydrogen) atoms. The second-order valence-corrected chi connectivity index (χ2v) is 4.37. The fraction of sp³-hybridized carbons (Fsp3) is 0.188. The van der Waals surface area contributed by atoms with Crippen molar-refractivity contribution in [3.05, 3.63) is 53.6 Å². The molecule has 0 bridgehead atoms. The van der Waals surface area contributed by atoms with Crippen molar-refractivity contribution < 1.29 is 9.90 Å². The van der Waals surface area contributed by atoms with E-state index in [1.54, 1.807) is 0 Å². The first-order valence-electron chi connectivity index (χ1n) is 6.48. The summed E-state index contributed by atoms with van der Waals surface area (Å²) in [6.07, 6.45) is 4.77. The van der Waals surface area contributed by atoms with Crippen LogP contribution < -0.4 is 5.32 Å². The number of hydrogen-bond acceptors (Lipinski definition) is 4. The van der Waals surface area contributed by atoms with Gasteiger partial charge in [0.25, 0.3) is 5.91 Å². The van der Waals surface area contributed by atoms with Gasteiger partial charge in [0.05, 0.1) is 18.5 Å². The molecule has 0 spiro atoms. The number of carbonyl (C=O) groups excluding carboxylic acids is 1. The zero-order valence-electron chi connectivity index (χ0n) is 11.6. The predicted molar refractivity (Wildman–Crippen MR) is 79.7 cm³/mol. The minimum absolute atomic E-state index is 0.0140. The Morgan fingerprint density at radius 2 is 2.24 bits per heavy atom. The van der Waals surface area contributed by atoms with Crippen LogP contribution in [0.1, 0.15) is 28.0 Å². The Morgan fingerprint density at radius 1 is 1.38 bits per heavy atom. The third-order valence-electron chi connectivity index (χ3n) is 2.68. The Balaban J connectivity index is 2.25. The van der Waals surface area contributed by atoms with Crippen molar-refractivity contribution in [1.82, 2.24) is 9.97 Å². The van der Waals surface area contributed by atoms with E-state index >= 15 is 0 Å². The zero-order chi connectivity index (χ0) is 15.1. The highest BCUT2D eigenvalue weighted by Gasteiger charge is 2.09. The summed E-state index contributed by atoms with van der Waals surface area (Å²) in [7, 11) is 0. The summed E-state index contributed by atoms with van der Waals surface area (Å²) >= 11 is 0. The molecule has 5 nitrogen and oxygen atoms in total. The molecule has 0 saturated carbocycles. The van der Waals surface area contributed by atoms with E-state index in [4.69, 9.17) is 5.11 Å². The maximum absolute atomic E-state index is 12.1. The van der Waals surface area contributed by atoms with Gasteiger partial charge >= 0.3 is 0 Å². The van der Waals surface area contributed by atoms with Crippen LogP contribution in [0.25, 0.3) is 0 Å². The van der Waals surface area contributed by atoms with E-state index in [-0.39, 0.29) is 18.2 Å². The van der Waals surface area contributed by atoms with Crippen molar-refractivity contribution >= 4 is 11.6 Å². The maximum atomic E-state index is 12.1. The summed E-state index contributed by atoms with van der Waals surface area (Å²) in [6, 6.07) is 5.60. The van der Waals surface area contributed by atoms with Crippen molar-refractivity contribution in [3.8, 4) is 11.8 Å². The molecular weight excluding hydrogens is 266 g/mol. The number of aryl methyl sites for hydroxylation is 1. The van der Waals surface area contributed by atoms with Crippen LogP contribution in [-0.4, -0.2) is 27.6 Å². The Kier molecular flexibility index (Phi) is 5.02. The lowest BCUT2D eigenvalue weighted by molar-refractivity contribution is 0.102. The number of anilines is 1. The van der Waals surface area contributed by atoms with Crippen LogP contribution >= 0.6 is 0 Å². The topological polar surface area (TPSA) is 75.1 Å². The summed E-state index contributed by atoms with van der Waals surface area (Å²) in [5.74, 6) is 5.45. The monoisotopic (exact) mass is 281 g/mol. The van der Waals surface area contributed by atoms with E-state index in [1.165, 1.54) is 18.6 Å². The molecule has 1 aromatic heterocycles. The summed E-state index contributed by atoms with van der Waals surface area (Å²) < 4.78 is 0. The predicted octanol–water partition coefficient (Wildman–Crippen LogP) is 1.77. The standard InChI is InChI=1S/C16H15N3O2/c1-12-5-6-13(4-2-3-9-20)14(10-12)19-16(21)15-11-17-7-8-18-15/h5-8,10-11,20H,3,9H2,1H3,(H,19,21). The Hall–Kier alpha value is -2.71. The fourth-order valence-electron chi connectivity index (χ4n) is 1.69. The largest absolute Gasteiger partial charge is 0.395 e. The van der Waals surface area contributed by atoms with Crippen LogP contribution in [0.15, 0.2) is 36.8 Å². The lowest BCUT2D eigenvalue weighted by atomic mass is 10.1. The van der Waals surface area contributed by atoms with Crippen molar-refractivity contribution in [2.45, 2.75) is 13.3 Å². The second kappa shape index (κ2) is 7.17. The molecule has 0 radical (unpaired) electrons. The van der Waals surface area contributed by atoms with Gasteiger partial charge in [-0.25, -0.2) is 4.98 Å². The quantitative estimate of drug-likeness (QED) is 0.841. The van der Waals surface area contributed by atoms with Gasteiger partial charge in [0, 0.05) is 24.4 Å². The van der Waals surface area contributed by atoms with Crippen molar-refractivity contribution in [2.75, 3.05) is 11.9 Å². The molecule has 2 aromatic rings. The van der Waals surface area contributed by atoms with Crippen molar-refractivity contribution in [1.29, 1.82) is 0 Å². The van der Waals surface area contributed by atoms with Gasteiger partial charge in [0.2, 0.25) is 0 Å². The van der Waals surface area contributed by atoms with Gasteiger partial charge in [-0.05, 0) is 24.6 Å². The molecule has 2 rings (SSSR count). The van der Waals surface area contributed by atoms with Crippen molar-refractivity contribution in [3.63, 3.8) is 0 Å². The van der Waals surface area contributed by atoms with Gasteiger partial charge in [-0.15, -0.1) is 0 Å². The average Bonchev–Trinajstić information content (AvgIpc) is 2.50. The van der Waals surface area contributed by atoms with Crippen LogP contribution in [0.4, 0.5) is 5.69 Å². The third-order valence-corrected chi connectivity index (χ3v) is 2.68. The summed E-state index contributed by atoms with van der Waals surface area (Å²) in [5, 5.41) is 11.6. The number of amides is 1. The number of aromatic nitrogens is 2. The number of aliphatic hydroxyl groups is 1. The van der Waals surface area contributed by atoms with E-state index in [0.717, 1.165) is 5.56 Å². The smallest absolute Gasteiger partial charge is 0.275 e. The molecule has 1 heterocycles. The summed E-state index contributed by atoms with van der Waals surface area (Å²) in [4.78, 5) is 19.9. The molecular formula is C16H15N3O2. The highest BCUT2D eigenvalue weighted by atomic mass is 16.2. The fourth-order valence-corrected chi connectivity index (χ4v) is 1.69. The van der Waals surface area contributed by atoms with Gasteiger partial charge in [0.15, 0.2) is 0 Å². The summed E-state index contributed by atoms with van der Waals surface area (Å²) in [6.45, 7) is 1.95. The van der Waals surface area contributed by atoms with Gasteiger partial charge in [0.1, 0.15) is 5.69 Å². The van der Waals surface area contributed by atoms with Crippen molar-refractivity contribution in [2.24, 2.45) is 0 Å². The maximum Gasteiger partial charge on any atom is 0.275 e. The highest BCUT2D eigenvalue weighted by Crippen LogP contribution is 2.17. The van der Waals surface area contributed by atoms with Crippen LogP contribution in [-0.2, 0) is 0 Å². The first kappa shape index (κ1) is 14.7. The van der Waals surface area contributed by atoms with Gasteiger partial charge in [-0.1, -0.05) is 17.9 Å². The molecule has 0 saturated heterocycles. The van der Waals surface area contributed by atoms with E-state index in [0.29, 0.717) is 17.7 Å². The number of nitrogens with one attached hydrogen (secondary N) is 1. The molecule has 1 aromatic carbocycles. The average molecular weight is 281 g/mol. The minimum atomic E-state index is -0.334. The van der Waals surface area contributed by atoms with E-state index in [1.807, 2.05) is 25.1 Å². The molecule has 0 aliphatic carbocycles. The molecule has 0 aliphatic heterocycles. The number of hydrogen-bond donors (Lipinski definition) is 2. The molecule has 0 unspecified atom stereocenters. The number of aliphatic hydroxyl groups excluding tert-OH is 1. The molecule has 0 atom stereocenters. The van der Waals surface area contributed by atoms with Crippen LogP contribution in [0.2, 0.25) is 0 Å². The lowest BCUT2D eigenvalue weighted by Crippen LogP contribution is -2.14. The molecule has 106 valence electrons. The number of benzene rings is 1.